The molecular formula is C7H16N2O. The molecule has 0 aromatic carbocycles. The normalized spacial score (nSPS) is 14.9. The Morgan fingerprint density at radius 2 is 2.00 bits per heavy atom. The largest absolute Gasteiger partial charge is 0.317 e. The summed E-state index contributed by atoms with van der Waals surface area (Å²) in [7, 11) is 0. The van der Waals surface area contributed by atoms with Crippen LogP contribution in [0.5, 0.6) is 0 Å². The molecule has 1 aliphatic heterocycles. The Balaban J connectivity index is 0.000000371. The molecule has 60 valence electrons. The molecule has 1 aliphatic rings. The number of amides is 1. The highest BCUT2D eigenvalue weighted by atomic mass is 16.2. The van der Waals surface area contributed by atoms with Crippen molar-refractivity contribution >= 4 is 5.91 Å². The molecule has 0 radical (unpaired) electrons. The van der Waals surface area contributed by atoms with E-state index in [9.17, 15) is 4.79 Å². The first-order chi connectivity index (χ1) is 4.84. The molecule has 0 atom stereocenters. The Kier molecular flexibility index (Phi) is 4.94. The fourth-order valence-electron chi connectivity index (χ4n) is 0.624. The lowest BCUT2D eigenvalue weighted by molar-refractivity contribution is -0.135. The van der Waals surface area contributed by atoms with E-state index in [1.165, 1.54) is 0 Å². The van der Waals surface area contributed by atoms with Gasteiger partial charge in [0.05, 0.1) is 13.3 Å². The number of carbonyl (C=O) groups is 1. The topological polar surface area (TPSA) is 32.3 Å². The minimum Gasteiger partial charge on any atom is -0.317 e. The number of rotatable bonds is 1. The first-order valence-electron chi connectivity index (χ1n) is 3.83. The van der Waals surface area contributed by atoms with Crippen molar-refractivity contribution in [1.29, 1.82) is 0 Å². The van der Waals surface area contributed by atoms with Gasteiger partial charge in [0.1, 0.15) is 0 Å². The summed E-state index contributed by atoms with van der Waals surface area (Å²) in [6, 6.07) is 0. The molecule has 1 N–H and O–H groups in total. The maximum atomic E-state index is 10.7. The fourth-order valence-corrected chi connectivity index (χ4v) is 0.624. The van der Waals surface area contributed by atoms with E-state index >= 15 is 0 Å². The van der Waals surface area contributed by atoms with Crippen LogP contribution in [0.3, 0.4) is 0 Å². The van der Waals surface area contributed by atoms with Crippen LogP contribution < -0.4 is 5.32 Å². The minimum atomic E-state index is 0.240. The third-order valence-electron chi connectivity index (χ3n) is 1.26. The van der Waals surface area contributed by atoms with Gasteiger partial charge in [-0.2, -0.15) is 0 Å². The highest BCUT2D eigenvalue weighted by Crippen LogP contribution is 1.95. The first kappa shape index (κ1) is 9.43. The second-order valence-corrected chi connectivity index (χ2v) is 1.85. The van der Waals surface area contributed by atoms with Crippen molar-refractivity contribution in [2.24, 2.45) is 0 Å². The lowest BCUT2D eigenvalue weighted by Crippen LogP contribution is -2.54. The fraction of sp³-hybridized carbons (Fsp3) is 0.857. The molecule has 0 bridgehead atoms. The van der Waals surface area contributed by atoms with Gasteiger partial charge >= 0.3 is 0 Å². The molecule has 0 aliphatic carbocycles. The summed E-state index contributed by atoms with van der Waals surface area (Å²) >= 11 is 0. The summed E-state index contributed by atoms with van der Waals surface area (Å²) in [5.74, 6) is 0.240. The second kappa shape index (κ2) is 5.23. The first-order valence-corrected chi connectivity index (χ1v) is 3.83. The molecular weight excluding hydrogens is 128 g/mol. The summed E-state index contributed by atoms with van der Waals surface area (Å²) in [6.45, 7) is 7.36. The Labute approximate surface area is 62.4 Å². The predicted octanol–water partition coefficient (Wildman–Crippen LogP) is 0.769. The van der Waals surface area contributed by atoms with Gasteiger partial charge in [-0.25, -0.2) is 0 Å². The van der Waals surface area contributed by atoms with Gasteiger partial charge in [-0.05, 0) is 0 Å². The molecule has 0 saturated carbocycles. The van der Waals surface area contributed by atoms with Crippen LogP contribution in [0.15, 0.2) is 0 Å². The third kappa shape index (κ3) is 2.35. The van der Waals surface area contributed by atoms with Crippen LogP contribution in [-0.2, 0) is 4.79 Å². The van der Waals surface area contributed by atoms with Gasteiger partial charge in [0.2, 0.25) is 5.91 Å². The van der Waals surface area contributed by atoms with Crippen molar-refractivity contribution in [3.05, 3.63) is 0 Å². The van der Waals surface area contributed by atoms with Crippen molar-refractivity contribution in [1.82, 2.24) is 10.2 Å². The number of nitrogens with zero attached hydrogens (tertiary/aromatic N) is 1. The molecule has 1 saturated heterocycles. The zero-order valence-electron chi connectivity index (χ0n) is 6.98. The molecule has 1 amide bonds. The summed E-state index contributed by atoms with van der Waals surface area (Å²) in [5.41, 5.74) is 0. The molecule has 1 fully saturated rings. The van der Waals surface area contributed by atoms with E-state index in [4.69, 9.17) is 0 Å². The third-order valence-corrected chi connectivity index (χ3v) is 1.26. The van der Waals surface area contributed by atoms with E-state index in [0.717, 1.165) is 13.3 Å². The number of nitrogens with one attached hydrogen (secondary N) is 1. The van der Waals surface area contributed by atoms with Crippen LogP contribution >= 0.6 is 0 Å². The lowest BCUT2D eigenvalue weighted by atomic mass is 10.4. The van der Waals surface area contributed by atoms with Crippen LogP contribution in [0.2, 0.25) is 0 Å². The molecule has 0 spiro atoms. The molecule has 1 rings (SSSR count). The van der Waals surface area contributed by atoms with Crippen LogP contribution in [0, 0.1) is 0 Å². The molecule has 0 aromatic rings. The van der Waals surface area contributed by atoms with E-state index in [-0.39, 0.29) is 5.91 Å². The monoisotopic (exact) mass is 144 g/mol. The molecule has 0 unspecified atom stereocenters. The van der Waals surface area contributed by atoms with Gasteiger partial charge in [-0.3, -0.25) is 10.1 Å². The molecule has 1 heterocycles. The summed E-state index contributed by atoms with van der Waals surface area (Å²) in [6.07, 6.45) is 0.627. The van der Waals surface area contributed by atoms with Gasteiger partial charge < -0.3 is 4.90 Å². The average Bonchev–Trinajstić information content (AvgIpc) is 1.89. The van der Waals surface area contributed by atoms with Crippen molar-refractivity contribution in [3.63, 3.8) is 0 Å². The van der Waals surface area contributed by atoms with Crippen LogP contribution in [0.4, 0.5) is 0 Å². The number of carbonyl (C=O) groups excluding carboxylic acids is 1. The zero-order valence-corrected chi connectivity index (χ0v) is 6.98. The van der Waals surface area contributed by atoms with E-state index in [1.807, 2.05) is 20.8 Å². The van der Waals surface area contributed by atoms with Gasteiger partial charge in [0.15, 0.2) is 0 Å². The maximum absolute atomic E-state index is 10.7. The summed E-state index contributed by atoms with van der Waals surface area (Å²) in [5, 5.41) is 2.98. The van der Waals surface area contributed by atoms with Gasteiger partial charge in [-0.1, -0.05) is 20.8 Å². The van der Waals surface area contributed by atoms with E-state index in [0.29, 0.717) is 6.42 Å². The van der Waals surface area contributed by atoms with Crippen molar-refractivity contribution in [3.8, 4) is 0 Å². The Morgan fingerprint density at radius 1 is 1.50 bits per heavy atom. The molecule has 3 nitrogen and oxygen atoms in total. The van der Waals surface area contributed by atoms with Gasteiger partial charge in [0, 0.05) is 6.42 Å². The molecule has 3 heteroatoms. The second-order valence-electron chi connectivity index (χ2n) is 1.85. The highest BCUT2D eigenvalue weighted by Gasteiger charge is 2.16. The number of hydrogen-bond acceptors (Lipinski definition) is 2. The smallest absolute Gasteiger partial charge is 0.224 e. The van der Waals surface area contributed by atoms with Crippen LogP contribution in [-0.4, -0.2) is 24.1 Å². The maximum Gasteiger partial charge on any atom is 0.224 e. The standard InChI is InChI=1S/C5H10N2O.C2H6/c1-2-5(8)7-3-6-4-7;1-2/h6H,2-4H2,1H3;1-2H3. The Hall–Kier alpha value is -0.570. The lowest BCUT2D eigenvalue weighted by Gasteiger charge is -2.31. The average molecular weight is 144 g/mol. The molecule has 10 heavy (non-hydrogen) atoms. The van der Waals surface area contributed by atoms with Crippen molar-refractivity contribution in [2.75, 3.05) is 13.3 Å². The zero-order chi connectivity index (χ0) is 7.98. The van der Waals surface area contributed by atoms with E-state index in [2.05, 4.69) is 5.32 Å². The Bertz CT molecular complexity index is 99.8. The summed E-state index contributed by atoms with van der Waals surface area (Å²) in [4.78, 5) is 12.5. The predicted molar refractivity (Wildman–Crippen MR) is 41.4 cm³/mol. The number of hydrogen-bond donors (Lipinski definition) is 1. The van der Waals surface area contributed by atoms with Gasteiger partial charge in [0.25, 0.3) is 0 Å². The Morgan fingerprint density at radius 3 is 2.10 bits per heavy atom. The van der Waals surface area contributed by atoms with E-state index in [1.54, 1.807) is 4.90 Å². The SMILES string of the molecule is CC.CCC(=O)N1CNC1. The minimum absolute atomic E-state index is 0.240. The van der Waals surface area contributed by atoms with Crippen LogP contribution in [0.1, 0.15) is 27.2 Å². The summed E-state index contributed by atoms with van der Waals surface area (Å²) < 4.78 is 0. The molecule has 0 aromatic heterocycles. The van der Waals surface area contributed by atoms with Crippen LogP contribution in [0.25, 0.3) is 0 Å². The van der Waals surface area contributed by atoms with E-state index < -0.39 is 0 Å². The highest BCUT2D eigenvalue weighted by molar-refractivity contribution is 5.76. The quantitative estimate of drug-likeness (QED) is 0.589. The van der Waals surface area contributed by atoms with Crippen molar-refractivity contribution in [2.45, 2.75) is 27.2 Å². The van der Waals surface area contributed by atoms with Crippen molar-refractivity contribution < 1.29 is 4.79 Å². The van der Waals surface area contributed by atoms with Gasteiger partial charge in [-0.15, -0.1) is 0 Å².